The number of anilines is 1. The van der Waals surface area contributed by atoms with Crippen LogP contribution in [0.25, 0.3) is 11.3 Å². The van der Waals surface area contributed by atoms with Gasteiger partial charge in [-0.1, -0.05) is 13.0 Å². The molecule has 0 saturated carbocycles. The van der Waals surface area contributed by atoms with E-state index >= 15 is 0 Å². The van der Waals surface area contributed by atoms with Crippen LogP contribution in [0.3, 0.4) is 0 Å². The van der Waals surface area contributed by atoms with E-state index in [1.54, 1.807) is 23.7 Å². The second-order valence-corrected chi connectivity index (χ2v) is 8.74. The summed E-state index contributed by atoms with van der Waals surface area (Å²) in [4.78, 5) is 27.3. The van der Waals surface area contributed by atoms with Gasteiger partial charge >= 0.3 is 0 Å². The average molecular weight is 411 g/mol. The molecule has 0 aliphatic carbocycles. The van der Waals surface area contributed by atoms with E-state index in [0.717, 1.165) is 42.8 Å². The van der Waals surface area contributed by atoms with Crippen LogP contribution in [-0.4, -0.2) is 51.6 Å². The van der Waals surface area contributed by atoms with Crippen molar-refractivity contribution in [1.82, 2.24) is 25.1 Å². The van der Waals surface area contributed by atoms with Crippen LogP contribution in [0, 0.1) is 5.92 Å². The number of hydrogen-bond donors (Lipinski definition) is 1. The highest BCUT2D eigenvalue weighted by atomic mass is 32.1. The molecule has 0 unspecified atom stereocenters. The molecule has 8 heteroatoms. The number of aromatic nitrogens is 4. The summed E-state index contributed by atoms with van der Waals surface area (Å²) in [5, 5.41) is 9.49. The number of nitrogens with zero attached hydrogens (tertiary/aromatic N) is 5. The molecule has 0 bridgehead atoms. The first-order chi connectivity index (χ1) is 14.0. The topological polar surface area (TPSA) is 78.0 Å². The lowest BCUT2D eigenvalue weighted by Gasteiger charge is -2.27. The summed E-state index contributed by atoms with van der Waals surface area (Å²) in [7, 11) is 3.84. The molecule has 1 N–H and O–H groups in total. The number of hydrogen-bond acceptors (Lipinski definition) is 6. The Hall–Kier alpha value is -2.74. The molecule has 7 nitrogen and oxygen atoms in total. The number of thiophene rings is 1. The van der Waals surface area contributed by atoms with Crippen LogP contribution in [0.15, 0.2) is 36.0 Å². The summed E-state index contributed by atoms with van der Waals surface area (Å²) in [6.07, 6.45) is 6.27. The van der Waals surface area contributed by atoms with E-state index in [2.05, 4.69) is 31.6 Å². The lowest BCUT2D eigenvalue weighted by Crippen LogP contribution is -2.35. The zero-order valence-corrected chi connectivity index (χ0v) is 17.8. The Morgan fingerprint density at radius 2 is 2.28 bits per heavy atom. The van der Waals surface area contributed by atoms with Gasteiger partial charge in [0, 0.05) is 43.2 Å². The SMILES string of the molecule is C[C@H](Cc1cccs1)C(=O)N1CCC[C@H]1c1[nH]ncc1-c1ccnc(N(C)C)n1. The van der Waals surface area contributed by atoms with Crippen molar-refractivity contribution in [2.24, 2.45) is 5.92 Å². The van der Waals surface area contributed by atoms with Crippen LogP contribution in [0.1, 0.15) is 36.4 Å². The number of nitrogens with one attached hydrogen (secondary N) is 1. The minimum Gasteiger partial charge on any atom is -0.347 e. The van der Waals surface area contributed by atoms with Crippen molar-refractivity contribution in [2.75, 3.05) is 25.5 Å². The molecule has 1 aliphatic heterocycles. The maximum Gasteiger partial charge on any atom is 0.226 e. The Bertz CT molecular complexity index is 967. The molecule has 3 aromatic rings. The van der Waals surface area contributed by atoms with E-state index in [1.165, 1.54) is 4.88 Å². The molecule has 1 fully saturated rings. The van der Waals surface area contributed by atoms with Crippen molar-refractivity contribution in [3.63, 3.8) is 0 Å². The van der Waals surface area contributed by atoms with E-state index in [4.69, 9.17) is 0 Å². The Morgan fingerprint density at radius 1 is 1.41 bits per heavy atom. The summed E-state index contributed by atoms with van der Waals surface area (Å²) < 4.78 is 0. The predicted octanol–water partition coefficient (Wildman–Crippen LogP) is 3.54. The van der Waals surface area contributed by atoms with E-state index in [9.17, 15) is 4.79 Å². The van der Waals surface area contributed by atoms with Gasteiger partial charge in [0.25, 0.3) is 0 Å². The smallest absolute Gasteiger partial charge is 0.226 e. The molecule has 1 amide bonds. The fourth-order valence-corrected chi connectivity index (χ4v) is 4.73. The van der Waals surface area contributed by atoms with Crippen molar-refractivity contribution in [3.05, 3.63) is 46.5 Å². The third-order valence-corrected chi connectivity index (χ3v) is 6.26. The first-order valence-electron chi connectivity index (χ1n) is 9.91. The van der Waals surface area contributed by atoms with Gasteiger partial charge in [0.05, 0.1) is 23.6 Å². The summed E-state index contributed by atoms with van der Waals surface area (Å²) in [5.41, 5.74) is 2.71. The van der Waals surface area contributed by atoms with Gasteiger partial charge in [0.1, 0.15) is 0 Å². The van der Waals surface area contributed by atoms with Gasteiger partial charge < -0.3 is 9.80 Å². The van der Waals surface area contributed by atoms with Gasteiger partial charge in [-0.3, -0.25) is 9.89 Å². The molecule has 0 radical (unpaired) electrons. The first-order valence-corrected chi connectivity index (χ1v) is 10.8. The Morgan fingerprint density at radius 3 is 3.03 bits per heavy atom. The standard InChI is InChI=1S/C21H26N6OS/c1-14(12-15-6-5-11-29-15)20(28)27-10-4-7-18(27)19-16(13-23-25-19)17-8-9-22-21(24-17)26(2)3/h5-6,8-9,11,13-14,18H,4,7,10,12H2,1-3H3,(H,23,25)/t14-,18+/m1/s1. The third kappa shape index (κ3) is 4.03. The Labute approximate surface area is 174 Å². The fourth-order valence-electron chi connectivity index (χ4n) is 3.90. The van der Waals surface area contributed by atoms with Crippen LogP contribution in [-0.2, 0) is 11.2 Å². The predicted molar refractivity (Wildman–Crippen MR) is 115 cm³/mol. The quantitative estimate of drug-likeness (QED) is 0.673. The molecule has 152 valence electrons. The summed E-state index contributed by atoms with van der Waals surface area (Å²) >= 11 is 1.71. The van der Waals surface area contributed by atoms with Gasteiger partial charge in [-0.15, -0.1) is 11.3 Å². The highest BCUT2D eigenvalue weighted by molar-refractivity contribution is 7.09. The van der Waals surface area contributed by atoms with Crippen LogP contribution in [0.2, 0.25) is 0 Å². The highest BCUT2D eigenvalue weighted by Crippen LogP contribution is 2.37. The van der Waals surface area contributed by atoms with Crippen LogP contribution >= 0.6 is 11.3 Å². The zero-order chi connectivity index (χ0) is 20.4. The molecular weight excluding hydrogens is 384 g/mol. The van der Waals surface area contributed by atoms with Crippen LogP contribution < -0.4 is 4.90 Å². The lowest BCUT2D eigenvalue weighted by atomic mass is 10.0. The fraction of sp³-hybridized carbons (Fsp3) is 0.429. The normalized spacial score (nSPS) is 17.5. The van der Waals surface area contributed by atoms with E-state index in [-0.39, 0.29) is 17.9 Å². The molecule has 4 rings (SSSR count). The van der Waals surface area contributed by atoms with Gasteiger partial charge in [0.2, 0.25) is 11.9 Å². The zero-order valence-electron chi connectivity index (χ0n) is 17.0. The molecule has 29 heavy (non-hydrogen) atoms. The van der Waals surface area contributed by atoms with Crippen LogP contribution in [0.4, 0.5) is 5.95 Å². The lowest BCUT2D eigenvalue weighted by molar-refractivity contribution is -0.136. The number of rotatable bonds is 6. The maximum absolute atomic E-state index is 13.2. The number of H-pyrrole nitrogens is 1. The third-order valence-electron chi connectivity index (χ3n) is 5.37. The minimum absolute atomic E-state index is 0.00329. The number of amides is 1. The largest absolute Gasteiger partial charge is 0.347 e. The van der Waals surface area contributed by atoms with Crippen molar-refractivity contribution in [3.8, 4) is 11.3 Å². The van der Waals surface area contributed by atoms with Crippen molar-refractivity contribution in [1.29, 1.82) is 0 Å². The molecule has 0 spiro atoms. The van der Waals surface area contributed by atoms with Crippen LogP contribution in [0.5, 0.6) is 0 Å². The summed E-state index contributed by atoms with van der Waals surface area (Å²) in [5.74, 6) is 0.816. The monoisotopic (exact) mass is 410 g/mol. The number of carbonyl (C=O) groups is 1. The summed E-state index contributed by atoms with van der Waals surface area (Å²) in [6, 6.07) is 6.03. The van der Waals surface area contributed by atoms with Crippen molar-refractivity contribution >= 4 is 23.2 Å². The molecule has 0 aromatic carbocycles. The Kier molecular flexibility index (Phi) is 5.62. The second-order valence-electron chi connectivity index (χ2n) is 7.71. The van der Waals surface area contributed by atoms with Crippen molar-refractivity contribution in [2.45, 2.75) is 32.2 Å². The molecular formula is C21H26N6OS. The second kappa shape index (κ2) is 8.32. The van der Waals surface area contributed by atoms with Gasteiger partial charge in [-0.05, 0) is 36.8 Å². The van der Waals surface area contributed by atoms with Crippen molar-refractivity contribution < 1.29 is 4.79 Å². The number of aromatic amines is 1. The highest BCUT2D eigenvalue weighted by Gasteiger charge is 2.35. The number of carbonyl (C=O) groups excluding carboxylic acids is 1. The first kappa shape index (κ1) is 19.6. The number of likely N-dealkylation sites (tertiary alicyclic amines) is 1. The molecule has 3 aromatic heterocycles. The molecule has 2 atom stereocenters. The minimum atomic E-state index is -0.0417. The molecule has 1 saturated heterocycles. The molecule has 4 heterocycles. The van der Waals surface area contributed by atoms with Gasteiger partial charge in [-0.2, -0.15) is 5.10 Å². The maximum atomic E-state index is 13.2. The molecule has 1 aliphatic rings. The van der Waals surface area contributed by atoms with E-state index < -0.39 is 0 Å². The van der Waals surface area contributed by atoms with Gasteiger partial charge in [-0.25, -0.2) is 9.97 Å². The van der Waals surface area contributed by atoms with E-state index in [0.29, 0.717) is 5.95 Å². The average Bonchev–Trinajstić information content (AvgIpc) is 3.47. The van der Waals surface area contributed by atoms with Gasteiger partial charge in [0.15, 0.2) is 0 Å². The Balaban J connectivity index is 1.58. The van der Waals surface area contributed by atoms with E-state index in [1.807, 2.05) is 43.0 Å². The summed E-state index contributed by atoms with van der Waals surface area (Å²) in [6.45, 7) is 2.81.